The van der Waals surface area contributed by atoms with Crippen molar-refractivity contribution in [1.82, 2.24) is 15.0 Å². The summed E-state index contributed by atoms with van der Waals surface area (Å²) in [6, 6.07) is 4.29. The number of methoxy groups -OCH3 is 1. The molecule has 0 aliphatic carbocycles. The lowest BCUT2D eigenvalue weighted by molar-refractivity contribution is 0.299. The van der Waals surface area contributed by atoms with Crippen LogP contribution in [0.2, 0.25) is 0 Å². The average Bonchev–Trinajstić information content (AvgIpc) is 2.85. The molecule has 0 fully saturated rings. The minimum absolute atomic E-state index is 0. The summed E-state index contributed by atoms with van der Waals surface area (Å²) in [7, 11) is 3.72. The second-order valence-electron chi connectivity index (χ2n) is 5.24. The van der Waals surface area contributed by atoms with E-state index in [4.69, 9.17) is 15.0 Å². The topological polar surface area (TPSA) is 77.4 Å². The molecule has 0 amide bonds. The zero-order valence-electron chi connectivity index (χ0n) is 13.4. The van der Waals surface area contributed by atoms with Crippen molar-refractivity contribution in [3.63, 3.8) is 0 Å². The number of hydrogen-bond acceptors (Lipinski definition) is 6. The van der Waals surface area contributed by atoms with Crippen molar-refractivity contribution >= 4 is 12.4 Å². The molecule has 0 bridgehead atoms. The quantitative estimate of drug-likeness (QED) is 0.877. The number of benzene rings is 1. The number of hydrogen-bond donors (Lipinski definition) is 1. The molecule has 2 N–H and O–H groups in total. The molecule has 0 saturated heterocycles. The summed E-state index contributed by atoms with van der Waals surface area (Å²) in [5.74, 6) is 2.07. The Balaban J connectivity index is 0.00000242. The molecule has 0 radical (unpaired) electrons. The molecular formula is C15H23ClN4O2. The van der Waals surface area contributed by atoms with E-state index in [0.717, 1.165) is 23.4 Å². The van der Waals surface area contributed by atoms with Crippen LogP contribution in [-0.4, -0.2) is 29.2 Å². The summed E-state index contributed by atoms with van der Waals surface area (Å²) in [5.41, 5.74) is 8.98. The SMILES string of the molecule is COc1c(C)cc(CN(C)Cc2noc(CN)n2)cc1C.Cl. The smallest absolute Gasteiger partial charge is 0.240 e. The van der Waals surface area contributed by atoms with Gasteiger partial charge in [0.25, 0.3) is 0 Å². The van der Waals surface area contributed by atoms with Crippen molar-refractivity contribution in [2.24, 2.45) is 5.73 Å². The molecule has 6 nitrogen and oxygen atoms in total. The van der Waals surface area contributed by atoms with Crippen LogP contribution in [0.4, 0.5) is 0 Å². The Morgan fingerprint density at radius 3 is 2.36 bits per heavy atom. The van der Waals surface area contributed by atoms with Crippen LogP contribution in [0.1, 0.15) is 28.4 Å². The molecule has 2 aromatic rings. The number of halogens is 1. The van der Waals surface area contributed by atoms with E-state index in [1.807, 2.05) is 7.05 Å². The summed E-state index contributed by atoms with van der Waals surface area (Å²) >= 11 is 0. The summed E-state index contributed by atoms with van der Waals surface area (Å²) in [6.45, 7) is 5.81. The van der Waals surface area contributed by atoms with E-state index < -0.39 is 0 Å². The van der Waals surface area contributed by atoms with E-state index in [0.29, 0.717) is 18.3 Å². The van der Waals surface area contributed by atoms with Gasteiger partial charge in [0.05, 0.1) is 20.2 Å². The van der Waals surface area contributed by atoms with E-state index in [2.05, 4.69) is 41.0 Å². The number of aromatic nitrogens is 2. The number of nitrogens with two attached hydrogens (primary N) is 1. The van der Waals surface area contributed by atoms with Gasteiger partial charge in [-0.2, -0.15) is 4.98 Å². The monoisotopic (exact) mass is 326 g/mol. The lowest BCUT2D eigenvalue weighted by Crippen LogP contribution is -2.18. The summed E-state index contributed by atoms with van der Waals surface area (Å²) in [4.78, 5) is 6.34. The van der Waals surface area contributed by atoms with Crippen molar-refractivity contribution in [3.8, 4) is 5.75 Å². The first-order valence-electron chi connectivity index (χ1n) is 6.87. The van der Waals surface area contributed by atoms with Crippen LogP contribution >= 0.6 is 12.4 Å². The lowest BCUT2D eigenvalue weighted by atomic mass is 10.1. The largest absolute Gasteiger partial charge is 0.496 e. The van der Waals surface area contributed by atoms with E-state index in [9.17, 15) is 0 Å². The zero-order chi connectivity index (χ0) is 15.4. The van der Waals surface area contributed by atoms with E-state index >= 15 is 0 Å². The third-order valence-electron chi connectivity index (χ3n) is 3.27. The van der Waals surface area contributed by atoms with Gasteiger partial charge < -0.3 is 15.0 Å². The Bertz CT molecular complexity index is 592. The standard InChI is InChI=1S/C15H22N4O2.ClH/c1-10-5-12(6-11(2)15(10)20-4)8-19(3)9-13-17-14(7-16)21-18-13;/h5-6H,7-9,16H2,1-4H3;1H. The molecule has 7 heteroatoms. The molecule has 1 aromatic heterocycles. The van der Waals surface area contributed by atoms with Gasteiger partial charge in [0.15, 0.2) is 5.82 Å². The molecule has 0 aliphatic rings. The van der Waals surface area contributed by atoms with Crippen LogP contribution in [0, 0.1) is 13.8 Å². The molecule has 0 atom stereocenters. The Kier molecular flexibility index (Phi) is 6.80. The van der Waals surface area contributed by atoms with E-state index in [1.54, 1.807) is 7.11 Å². The van der Waals surface area contributed by atoms with E-state index in [1.165, 1.54) is 5.56 Å². The number of nitrogens with zero attached hydrogens (tertiary/aromatic N) is 3. The Hall–Kier alpha value is -1.63. The molecule has 1 aromatic carbocycles. The highest BCUT2D eigenvalue weighted by atomic mass is 35.5. The van der Waals surface area contributed by atoms with Gasteiger partial charge in [-0.3, -0.25) is 4.90 Å². The number of aryl methyl sites for hydroxylation is 2. The third-order valence-corrected chi connectivity index (χ3v) is 3.27. The minimum Gasteiger partial charge on any atom is -0.496 e. The maximum Gasteiger partial charge on any atom is 0.240 e. The lowest BCUT2D eigenvalue weighted by Gasteiger charge is -2.17. The average molecular weight is 327 g/mol. The molecule has 0 aliphatic heterocycles. The zero-order valence-corrected chi connectivity index (χ0v) is 14.2. The molecule has 0 spiro atoms. The maximum absolute atomic E-state index is 5.46. The highest BCUT2D eigenvalue weighted by molar-refractivity contribution is 5.85. The number of ether oxygens (including phenoxy) is 1. The van der Waals surface area contributed by atoms with Gasteiger partial charge in [-0.15, -0.1) is 12.4 Å². The predicted octanol–water partition coefficient (Wildman–Crippen LogP) is 2.21. The predicted molar refractivity (Wildman–Crippen MR) is 87.1 cm³/mol. The van der Waals surface area contributed by atoms with Crippen LogP contribution in [0.25, 0.3) is 0 Å². The van der Waals surface area contributed by atoms with Crippen molar-refractivity contribution in [2.45, 2.75) is 33.5 Å². The fourth-order valence-corrected chi connectivity index (χ4v) is 2.50. The summed E-state index contributed by atoms with van der Waals surface area (Å²) in [6.07, 6.45) is 0. The van der Waals surface area contributed by atoms with Crippen LogP contribution in [0.15, 0.2) is 16.7 Å². The molecular weight excluding hydrogens is 304 g/mol. The van der Waals surface area contributed by atoms with Crippen molar-refractivity contribution < 1.29 is 9.26 Å². The highest BCUT2D eigenvalue weighted by Gasteiger charge is 2.10. The molecule has 0 saturated carbocycles. The maximum atomic E-state index is 5.46. The van der Waals surface area contributed by atoms with Crippen LogP contribution in [0.3, 0.4) is 0 Å². The first-order chi connectivity index (χ1) is 10.0. The first-order valence-corrected chi connectivity index (χ1v) is 6.87. The Labute approximate surface area is 137 Å². The molecule has 1 heterocycles. The molecule has 122 valence electrons. The fourth-order valence-electron chi connectivity index (χ4n) is 2.50. The number of rotatable bonds is 6. The van der Waals surface area contributed by atoms with Gasteiger partial charge in [-0.1, -0.05) is 17.3 Å². The molecule has 0 unspecified atom stereocenters. The third kappa shape index (κ3) is 4.43. The van der Waals surface area contributed by atoms with Gasteiger partial charge in [0.1, 0.15) is 5.75 Å². The van der Waals surface area contributed by atoms with Gasteiger partial charge in [-0.25, -0.2) is 0 Å². The summed E-state index contributed by atoms with van der Waals surface area (Å²) < 4.78 is 10.4. The normalized spacial score (nSPS) is 10.6. The van der Waals surface area contributed by atoms with Gasteiger partial charge in [-0.05, 0) is 37.6 Å². The van der Waals surface area contributed by atoms with Crippen LogP contribution < -0.4 is 10.5 Å². The van der Waals surface area contributed by atoms with Crippen molar-refractivity contribution in [3.05, 3.63) is 40.5 Å². The second kappa shape index (κ2) is 8.12. The fraction of sp³-hybridized carbons (Fsp3) is 0.467. The first kappa shape index (κ1) is 18.4. The Morgan fingerprint density at radius 1 is 1.23 bits per heavy atom. The van der Waals surface area contributed by atoms with Gasteiger partial charge in [0.2, 0.25) is 5.89 Å². The van der Waals surface area contributed by atoms with Gasteiger partial charge in [0, 0.05) is 6.54 Å². The van der Waals surface area contributed by atoms with E-state index in [-0.39, 0.29) is 19.0 Å². The van der Waals surface area contributed by atoms with Crippen molar-refractivity contribution in [1.29, 1.82) is 0 Å². The summed E-state index contributed by atoms with van der Waals surface area (Å²) in [5, 5.41) is 3.90. The second-order valence-corrected chi connectivity index (χ2v) is 5.24. The van der Waals surface area contributed by atoms with Crippen LogP contribution in [0.5, 0.6) is 5.75 Å². The Morgan fingerprint density at radius 2 is 1.86 bits per heavy atom. The highest BCUT2D eigenvalue weighted by Crippen LogP contribution is 2.24. The van der Waals surface area contributed by atoms with Crippen LogP contribution in [-0.2, 0) is 19.6 Å². The van der Waals surface area contributed by atoms with Gasteiger partial charge >= 0.3 is 0 Å². The minimum atomic E-state index is 0. The van der Waals surface area contributed by atoms with Crippen molar-refractivity contribution in [2.75, 3.05) is 14.2 Å². The molecule has 22 heavy (non-hydrogen) atoms. The molecule has 2 rings (SSSR count).